The SMILES string of the molecule is CNC(c1ccc(C2CCC2)cc1)c1cccc(C)c1I. The molecule has 2 heteroatoms. The lowest BCUT2D eigenvalue weighted by Gasteiger charge is -2.26. The van der Waals surface area contributed by atoms with Gasteiger partial charge in [0.1, 0.15) is 0 Å². The van der Waals surface area contributed by atoms with Crippen LogP contribution in [0.15, 0.2) is 42.5 Å². The number of nitrogens with one attached hydrogen (secondary N) is 1. The van der Waals surface area contributed by atoms with E-state index in [1.807, 2.05) is 7.05 Å². The molecule has 2 aromatic carbocycles. The molecule has 1 unspecified atom stereocenters. The summed E-state index contributed by atoms with van der Waals surface area (Å²) in [5, 5.41) is 3.47. The highest BCUT2D eigenvalue weighted by molar-refractivity contribution is 14.1. The van der Waals surface area contributed by atoms with Gasteiger partial charge in [-0.2, -0.15) is 0 Å². The summed E-state index contributed by atoms with van der Waals surface area (Å²) in [5.74, 6) is 0.811. The van der Waals surface area contributed by atoms with Gasteiger partial charge in [0, 0.05) is 3.57 Å². The van der Waals surface area contributed by atoms with E-state index < -0.39 is 0 Å². The normalized spacial score (nSPS) is 16.5. The van der Waals surface area contributed by atoms with Gasteiger partial charge in [-0.3, -0.25) is 0 Å². The largest absolute Gasteiger partial charge is 0.309 e. The highest BCUT2D eigenvalue weighted by Gasteiger charge is 2.20. The van der Waals surface area contributed by atoms with Crippen LogP contribution in [-0.4, -0.2) is 7.05 Å². The van der Waals surface area contributed by atoms with Crippen LogP contribution >= 0.6 is 22.6 Å². The Morgan fingerprint density at radius 2 is 1.81 bits per heavy atom. The van der Waals surface area contributed by atoms with Crippen molar-refractivity contribution in [2.24, 2.45) is 0 Å². The number of hydrogen-bond donors (Lipinski definition) is 1. The topological polar surface area (TPSA) is 12.0 Å². The molecule has 0 amide bonds. The second-order valence-electron chi connectivity index (χ2n) is 5.99. The fourth-order valence-electron chi connectivity index (χ4n) is 3.10. The molecule has 0 saturated heterocycles. The summed E-state index contributed by atoms with van der Waals surface area (Å²) in [6.45, 7) is 2.18. The molecule has 0 heterocycles. The van der Waals surface area contributed by atoms with E-state index in [1.54, 1.807) is 0 Å². The Bertz CT molecular complexity index is 614. The lowest BCUT2D eigenvalue weighted by atomic mass is 9.79. The van der Waals surface area contributed by atoms with Gasteiger partial charge in [0.25, 0.3) is 0 Å². The van der Waals surface area contributed by atoms with Gasteiger partial charge in [-0.1, -0.05) is 48.9 Å². The second-order valence-corrected chi connectivity index (χ2v) is 7.07. The minimum absolute atomic E-state index is 0.271. The van der Waals surface area contributed by atoms with Crippen LogP contribution in [0.3, 0.4) is 0 Å². The van der Waals surface area contributed by atoms with E-state index in [-0.39, 0.29) is 6.04 Å². The molecule has 1 N–H and O–H groups in total. The number of rotatable bonds is 4. The summed E-state index contributed by atoms with van der Waals surface area (Å²) in [7, 11) is 2.04. The molecule has 1 fully saturated rings. The van der Waals surface area contributed by atoms with Gasteiger partial charge in [-0.05, 0) is 77.6 Å². The van der Waals surface area contributed by atoms with Gasteiger partial charge in [0.2, 0.25) is 0 Å². The molecule has 21 heavy (non-hydrogen) atoms. The Morgan fingerprint density at radius 1 is 1.10 bits per heavy atom. The molecule has 1 saturated carbocycles. The second kappa shape index (κ2) is 6.49. The standard InChI is InChI=1S/C19H22IN/c1-13-5-3-8-17(18(13)20)19(21-2)16-11-9-15(10-12-16)14-6-4-7-14/h3,5,8-12,14,19,21H,4,6-7H2,1-2H3. The number of aryl methyl sites for hydroxylation is 1. The smallest absolute Gasteiger partial charge is 0.0584 e. The highest BCUT2D eigenvalue weighted by atomic mass is 127. The third-order valence-electron chi connectivity index (χ3n) is 4.67. The van der Waals surface area contributed by atoms with E-state index in [0.29, 0.717) is 0 Å². The van der Waals surface area contributed by atoms with Crippen molar-refractivity contribution in [3.05, 3.63) is 68.3 Å². The Hall–Kier alpha value is -0.870. The molecular weight excluding hydrogens is 369 g/mol. The predicted molar refractivity (Wildman–Crippen MR) is 97.8 cm³/mol. The molecule has 110 valence electrons. The first kappa shape index (κ1) is 15.0. The minimum Gasteiger partial charge on any atom is -0.309 e. The van der Waals surface area contributed by atoms with Crippen molar-refractivity contribution >= 4 is 22.6 Å². The van der Waals surface area contributed by atoms with E-state index >= 15 is 0 Å². The zero-order chi connectivity index (χ0) is 14.8. The molecule has 1 aliphatic rings. The van der Waals surface area contributed by atoms with Crippen molar-refractivity contribution < 1.29 is 0 Å². The van der Waals surface area contributed by atoms with Crippen LogP contribution in [0, 0.1) is 10.5 Å². The predicted octanol–water partition coefficient (Wildman–Crippen LogP) is 5.18. The van der Waals surface area contributed by atoms with Crippen LogP contribution < -0.4 is 5.32 Å². The van der Waals surface area contributed by atoms with Gasteiger partial charge >= 0.3 is 0 Å². The Morgan fingerprint density at radius 3 is 2.38 bits per heavy atom. The van der Waals surface area contributed by atoms with E-state index in [4.69, 9.17) is 0 Å². The molecule has 1 aliphatic carbocycles. The first-order valence-corrected chi connectivity index (χ1v) is 8.80. The molecular formula is C19H22IN. The molecule has 0 radical (unpaired) electrons. The van der Waals surface area contributed by atoms with E-state index in [2.05, 4.69) is 77.3 Å². The van der Waals surface area contributed by atoms with Crippen molar-refractivity contribution in [3.63, 3.8) is 0 Å². The van der Waals surface area contributed by atoms with Crippen LogP contribution in [0.5, 0.6) is 0 Å². The maximum absolute atomic E-state index is 3.47. The average Bonchev–Trinajstić information content (AvgIpc) is 2.44. The molecule has 3 rings (SSSR count). The van der Waals surface area contributed by atoms with Gasteiger partial charge in [-0.15, -0.1) is 0 Å². The van der Waals surface area contributed by atoms with Crippen LogP contribution in [0.2, 0.25) is 0 Å². The first-order chi connectivity index (χ1) is 10.2. The zero-order valence-corrected chi connectivity index (χ0v) is 14.9. The van der Waals surface area contributed by atoms with Gasteiger partial charge in [-0.25, -0.2) is 0 Å². The van der Waals surface area contributed by atoms with Gasteiger partial charge in [0.05, 0.1) is 6.04 Å². The summed E-state index contributed by atoms with van der Waals surface area (Å²) in [4.78, 5) is 0. The molecule has 1 nitrogen and oxygen atoms in total. The van der Waals surface area contributed by atoms with Crippen LogP contribution in [0.4, 0.5) is 0 Å². The first-order valence-electron chi connectivity index (χ1n) is 7.73. The Labute approximate surface area is 141 Å². The fourth-order valence-corrected chi connectivity index (χ4v) is 3.77. The number of halogens is 1. The molecule has 2 aromatic rings. The maximum atomic E-state index is 3.47. The molecule has 0 aromatic heterocycles. The van der Waals surface area contributed by atoms with E-state index in [1.165, 1.54) is 45.1 Å². The van der Waals surface area contributed by atoms with Gasteiger partial charge in [0.15, 0.2) is 0 Å². The summed E-state index contributed by atoms with van der Waals surface area (Å²) in [6, 6.07) is 16.1. The lowest BCUT2D eigenvalue weighted by molar-refractivity contribution is 0.419. The fraction of sp³-hybridized carbons (Fsp3) is 0.368. The third-order valence-corrected chi connectivity index (χ3v) is 6.14. The third kappa shape index (κ3) is 3.02. The van der Waals surface area contributed by atoms with Crippen molar-refractivity contribution in [1.82, 2.24) is 5.32 Å². The van der Waals surface area contributed by atoms with Crippen molar-refractivity contribution in [3.8, 4) is 0 Å². The number of hydrogen-bond acceptors (Lipinski definition) is 1. The summed E-state index contributed by atoms with van der Waals surface area (Å²) < 4.78 is 1.36. The summed E-state index contributed by atoms with van der Waals surface area (Å²) in [6.07, 6.45) is 4.13. The maximum Gasteiger partial charge on any atom is 0.0584 e. The van der Waals surface area contributed by atoms with E-state index in [0.717, 1.165) is 5.92 Å². The Balaban J connectivity index is 1.90. The van der Waals surface area contributed by atoms with Crippen molar-refractivity contribution in [2.45, 2.75) is 38.1 Å². The van der Waals surface area contributed by atoms with Crippen molar-refractivity contribution in [1.29, 1.82) is 0 Å². The quantitative estimate of drug-likeness (QED) is 0.709. The Kier molecular flexibility index (Phi) is 4.65. The molecule has 1 atom stereocenters. The molecule has 0 bridgehead atoms. The van der Waals surface area contributed by atoms with Crippen LogP contribution in [-0.2, 0) is 0 Å². The number of benzene rings is 2. The monoisotopic (exact) mass is 391 g/mol. The summed E-state index contributed by atoms with van der Waals surface area (Å²) in [5.41, 5.74) is 5.58. The van der Waals surface area contributed by atoms with Crippen molar-refractivity contribution in [2.75, 3.05) is 7.05 Å². The minimum atomic E-state index is 0.271. The summed E-state index contributed by atoms with van der Waals surface area (Å²) >= 11 is 2.46. The lowest BCUT2D eigenvalue weighted by Crippen LogP contribution is -2.19. The van der Waals surface area contributed by atoms with E-state index in [9.17, 15) is 0 Å². The molecule has 0 spiro atoms. The van der Waals surface area contributed by atoms with Crippen LogP contribution in [0.1, 0.15) is 53.5 Å². The van der Waals surface area contributed by atoms with Crippen LogP contribution in [0.25, 0.3) is 0 Å². The van der Waals surface area contributed by atoms with Gasteiger partial charge < -0.3 is 5.32 Å². The molecule has 0 aliphatic heterocycles. The zero-order valence-electron chi connectivity index (χ0n) is 12.7. The average molecular weight is 391 g/mol. The highest BCUT2D eigenvalue weighted by Crippen LogP contribution is 2.37.